The number of amides is 1. The van der Waals surface area contributed by atoms with Gasteiger partial charge in [-0.15, -0.1) is 0 Å². The van der Waals surface area contributed by atoms with Gasteiger partial charge in [-0.3, -0.25) is 4.79 Å². The number of carbonyl (C=O) groups excluding carboxylic acids is 1. The van der Waals surface area contributed by atoms with Crippen LogP contribution in [0.2, 0.25) is 0 Å². The molecular formula is C20H22N4O2. The third-order valence-electron chi connectivity index (χ3n) is 4.97. The highest BCUT2D eigenvalue weighted by molar-refractivity contribution is 5.96. The number of nitrogens with zero attached hydrogens (tertiary/aromatic N) is 3. The number of hydrogen-bond acceptors (Lipinski definition) is 4. The maximum atomic E-state index is 11.5. The number of ether oxygens (including phenoxy) is 1. The molecule has 0 bridgehead atoms. The number of carbonyl (C=O) groups is 1. The van der Waals surface area contributed by atoms with Gasteiger partial charge in [-0.2, -0.15) is 0 Å². The zero-order valence-corrected chi connectivity index (χ0v) is 15.5. The van der Waals surface area contributed by atoms with E-state index in [1.54, 1.807) is 7.11 Å². The summed E-state index contributed by atoms with van der Waals surface area (Å²) in [6, 6.07) is 6.06. The normalized spacial score (nSPS) is 13.8. The molecule has 1 saturated carbocycles. The minimum Gasteiger partial charge on any atom is -0.495 e. The number of nitrogens with one attached hydrogen (secondary N) is 1. The molecule has 2 aromatic heterocycles. The van der Waals surface area contributed by atoms with Crippen LogP contribution in [0.5, 0.6) is 5.75 Å². The topological polar surface area (TPSA) is 69.0 Å². The van der Waals surface area contributed by atoms with Crippen molar-refractivity contribution >= 4 is 22.5 Å². The molecule has 26 heavy (non-hydrogen) atoms. The summed E-state index contributed by atoms with van der Waals surface area (Å²) in [4.78, 5) is 20.8. The second-order valence-corrected chi connectivity index (χ2v) is 6.87. The van der Waals surface area contributed by atoms with Crippen molar-refractivity contribution in [3.8, 4) is 17.1 Å². The Kier molecular flexibility index (Phi) is 3.90. The molecule has 2 heterocycles. The lowest BCUT2D eigenvalue weighted by molar-refractivity contribution is -0.114. The van der Waals surface area contributed by atoms with Crippen molar-refractivity contribution in [3.05, 3.63) is 35.8 Å². The van der Waals surface area contributed by atoms with E-state index in [0.717, 1.165) is 28.1 Å². The first kappa shape index (κ1) is 16.6. The first-order valence-electron chi connectivity index (χ1n) is 8.77. The standard InChI is InChI=1S/C20H22N4O2/c1-11-21-10-19(24(11)3)17-7-14(13-5-6-13)15-8-20(26-4)18(22-12(2)25)9-16(15)23-17/h7-10,13H,5-6H2,1-4H3,(H,22,25). The molecule has 6 heteroatoms. The molecule has 3 aromatic rings. The van der Waals surface area contributed by atoms with Crippen molar-refractivity contribution in [1.29, 1.82) is 0 Å². The SMILES string of the molecule is COc1cc2c(C3CC3)cc(-c3cnc(C)n3C)nc2cc1NC(C)=O. The lowest BCUT2D eigenvalue weighted by Gasteiger charge is -2.14. The maximum Gasteiger partial charge on any atom is 0.221 e. The van der Waals surface area contributed by atoms with Crippen LogP contribution in [0.3, 0.4) is 0 Å². The van der Waals surface area contributed by atoms with Crippen LogP contribution in [-0.4, -0.2) is 27.6 Å². The number of benzene rings is 1. The van der Waals surface area contributed by atoms with Gasteiger partial charge < -0.3 is 14.6 Å². The Morgan fingerprint density at radius 2 is 2.08 bits per heavy atom. The molecule has 1 aliphatic carbocycles. The summed E-state index contributed by atoms with van der Waals surface area (Å²) in [6.45, 7) is 3.47. The van der Waals surface area contributed by atoms with E-state index in [0.29, 0.717) is 17.4 Å². The molecule has 0 saturated heterocycles. The van der Waals surface area contributed by atoms with E-state index in [2.05, 4.69) is 16.4 Å². The van der Waals surface area contributed by atoms with Gasteiger partial charge >= 0.3 is 0 Å². The summed E-state index contributed by atoms with van der Waals surface area (Å²) in [6.07, 6.45) is 4.25. The average molecular weight is 350 g/mol. The average Bonchev–Trinajstić information content (AvgIpc) is 3.39. The third-order valence-corrected chi connectivity index (χ3v) is 4.97. The Bertz CT molecular complexity index is 1020. The highest BCUT2D eigenvalue weighted by Gasteiger charge is 2.27. The van der Waals surface area contributed by atoms with Crippen LogP contribution in [0.15, 0.2) is 24.4 Å². The van der Waals surface area contributed by atoms with Crippen LogP contribution in [0.4, 0.5) is 5.69 Å². The number of anilines is 1. The lowest BCUT2D eigenvalue weighted by atomic mass is 10.0. The second kappa shape index (κ2) is 6.12. The summed E-state index contributed by atoms with van der Waals surface area (Å²) >= 11 is 0. The smallest absolute Gasteiger partial charge is 0.221 e. The Labute approximate surface area is 152 Å². The molecule has 1 N–H and O–H groups in total. The fraction of sp³-hybridized carbons (Fsp3) is 0.350. The van der Waals surface area contributed by atoms with E-state index < -0.39 is 0 Å². The third kappa shape index (κ3) is 2.81. The van der Waals surface area contributed by atoms with Crippen LogP contribution in [0, 0.1) is 6.92 Å². The van der Waals surface area contributed by atoms with E-state index in [4.69, 9.17) is 9.72 Å². The fourth-order valence-electron chi connectivity index (χ4n) is 3.34. The molecule has 1 fully saturated rings. The molecule has 1 aliphatic rings. The minimum atomic E-state index is -0.136. The lowest BCUT2D eigenvalue weighted by Crippen LogP contribution is -2.07. The van der Waals surface area contributed by atoms with Gasteiger partial charge in [-0.05, 0) is 49.4 Å². The van der Waals surface area contributed by atoms with Gasteiger partial charge in [0.05, 0.1) is 35.9 Å². The molecular weight excluding hydrogens is 328 g/mol. The number of aryl methyl sites for hydroxylation is 1. The predicted molar refractivity (Wildman–Crippen MR) is 102 cm³/mol. The molecule has 1 aromatic carbocycles. The molecule has 0 aliphatic heterocycles. The number of imidazole rings is 1. The molecule has 4 rings (SSSR count). The summed E-state index contributed by atoms with van der Waals surface area (Å²) in [5.41, 5.74) is 4.68. The van der Waals surface area contributed by atoms with Crippen LogP contribution in [-0.2, 0) is 11.8 Å². The van der Waals surface area contributed by atoms with Crippen molar-refractivity contribution in [1.82, 2.24) is 14.5 Å². The molecule has 6 nitrogen and oxygen atoms in total. The van der Waals surface area contributed by atoms with Gasteiger partial charge in [0.1, 0.15) is 11.6 Å². The van der Waals surface area contributed by atoms with E-state index in [9.17, 15) is 4.79 Å². The number of pyridine rings is 1. The monoisotopic (exact) mass is 350 g/mol. The highest BCUT2D eigenvalue weighted by Crippen LogP contribution is 2.45. The number of fused-ring (bicyclic) bond motifs is 1. The Hall–Kier alpha value is -2.89. The van der Waals surface area contributed by atoms with Crippen molar-refractivity contribution < 1.29 is 9.53 Å². The summed E-state index contributed by atoms with van der Waals surface area (Å²) in [5, 5.41) is 3.92. The number of rotatable bonds is 4. The fourth-order valence-corrected chi connectivity index (χ4v) is 3.34. The molecule has 134 valence electrons. The number of aromatic nitrogens is 3. The number of methoxy groups -OCH3 is 1. The first-order chi connectivity index (χ1) is 12.5. The summed E-state index contributed by atoms with van der Waals surface area (Å²) in [5.74, 6) is 2.03. The number of hydrogen-bond donors (Lipinski definition) is 1. The van der Waals surface area contributed by atoms with Gasteiger partial charge in [-0.1, -0.05) is 0 Å². The molecule has 0 radical (unpaired) electrons. The second-order valence-electron chi connectivity index (χ2n) is 6.87. The first-order valence-corrected chi connectivity index (χ1v) is 8.77. The zero-order valence-electron chi connectivity index (χ0n) is 15.5. The van der Waals surface area contributed by atoms with Gasteiger partial charge in [0.15, 0.2) is 0 Å². The van der Waals surface area contributed by atoms with Crippen LogP contribution in [0.25, 0.3) is 22.3 Å². The molecule has 0 unspecified atom stereocenters. The Morgan fingerprint density at radius 1 is 1.31 bits per heavy atom. The van der Waals surface area contributed by atoms with Gasteiger partial charge in [0.25, 0.3) is 0 Å². The van der Waals surface area contributed by atoms with Gasteiger partial charge in [0, 0.05) is 19.4 Å². The highest BCUT2D eigenvalue weighted by atomic mass is 16.5. The Balaban J connectivity index is 1.96. The van der Waals surface area contributed by atoms with Crippen LogP contribution in [0.1, 0.15) is 37.1 Å². The van der Waals surface area contributed by atoms with Crippen molar-refractivity contribution in [2.45, 2.75) is 32.6 Å². The van der Waals surface area contributed by atoms with Crippen LogP contribution >= 0.6 is 0 Å². The van der Waals surface area contributed by atoms with Crippen molar-refractivity contribution in [2.75, 3.05) is 12.4 Å². The molecule has 1 amide bonds. The van der Waals surface area contributed by atoms with E-state index in [-0.39, 0.29) is 5.91 Å². The minimum absolute atomic E-state index is 0.136. The molecule has 0 atom stereocenters. The maximum absolute atomic E-state index is 11.5. The largest absolute Gasteiger partial charge is 0.495 e. The summed E-state index contributed by atoms with van der Waals surface area (Å²) < 4.78 is 7.53. The van der Waals surface area contributed by atoms with Crippen molar-refractivity contribution in [3.63, 3.8) is 0 Å². The predicted octanol–water partition coefficient (Wildman–Crippen LogP) is 3.79. The van der Waals surface area contributed by atoms with Gasteiger partial charge in [0.2, 0.25) is 5.91 Å². The quantitative estimate of drug-likeness (QED) is 0.777. The van der Waals surface area contributed by atoms with Crippen molar-refractivity contribution in [2.24, 2.45) is 7.05 Å². The van der Waals surface area contributed by atoms with Crippen LogP contribution < -0.4 is 10.1 Å². The van der Waals surface area contributed by atoms with E-state index in [1.807, 2.05) is 36.9 Å². The zero-order chi connectivity index (χ0) is 18.4. The Morgan fingerprint density at radius 3 is 2.65 bits per heavy atom. The van der Waals surface area contributed by atoms with E-state index in [1.165, 1.54) is 25.3 Å². The molecule has 0 spiro atoms. The van der Waals surface area contributed by atoms with Gasteiger partial charge in [-0.25, -0.2) is 9.97 Å². The van der Waals surface area contributed by atoms with E-state index >= 15 is 0 Å². The summed E-state index contributed by atoms with van der Waals surface area (Å²) in [7, 11) is 3.61.